The molecule has 5 nitrogen and oxygen atoms in total. The number of hydrogen-bond acceptors (Lipinski definition) is 4. The van der Waals surface area contributed by atoms with Gasteiger partial charge in [0.2, 0.25) is 5.76 Å². The molecule has 0 fully saturated rings. The lowest BCUT2D eigenvalue weighted by atomic mass is 10.2. The highest BCUT2D eigenvalue weighted by atomic mass is 19.4. The molecule has 0 saturated carbocycles. The maximum Gasteiger partial charge on any atom is 0.452 e. The van der Waals surface area contributed by atoms with Gasteiger partial charge in [0.25, 0.3) is 0 Å². The van der Waals surface area contributed by atoms with Crippen LogP contribution in [0.25, 0.3) is 11.0 Å². The molecule has 26 heavy (non-hydrogen) atoms. The topological polar surface area (TPSA) is 49.2 Å². The van der Waals surface area contributed by atoms with Gasteiger partial charge in [-0.25, -0.2) is 9.67 Å². The highest BCUT2D eigenvalue weighted by Gasteiger charge is 2.36. The van der Waals surface area contributed by atoms with Crippen molar-refractivity contribution in [3.05, 3.63) is 66.4 Å². The van der Waals surface area contributed by atoms with Gasteiger partial charge in [0.1, 0.15) is 12.0 Å². The van der Waals surface area contributed by atoms with E-state index in [2.05, 4.69) is 14.8 Å². The minimum absolute atomic E-state index is 0.103. The lowest BCUT2D eigenvalue weighted by molar-refractivity contribution is -0.132. The molecule has 0 aliphatic carbocycles. The second-order valence-electron chi connectivity index (χ2n) is 5.40. The van der Waals surface area contributed by atoms with Crippen LogP contribution in [0.5, 0.6) is 5.75 Å². The second kappa shape index (κ2) is 7.47. The van der Waals surface area contributed by atoms with Gasteiger partial charge in [-0.05, 0) is 36.8 Å². The predicted molar refractivity (Wildman–Crippen MR) is 89.5 cm³/mol. The van der Waals surface area contributed by atoms with E-state index in [0.717, 1.165) is 16.6 Å². The number of nitrogens with zero attached hydrogens (tertiary/aromatic N) is 3. The van der Waals surface area contributed by atoms with Crippen molar-refractivity contribution in [3.63, 3.8) is 0 Å². The number of rotatable bonds is 6. The highest BCUT2D eigenvalue weighted by Crippen LogP contribution is 2.27. The Morgan fingerprint density at radius 2 is 2.08 bits per heavy atom. The fraction of sp³-hybridized carbons (Fsp3) is 0.222. The van der Waals surface area contributed by atoms with Gasteiger partial charge < -0.3 is 9.47 Å². The minimum atomic E-state index is -4.60. The van der Waals surface area contributed by atoms with E-state index in [9.17, 15) is 13.2 Å². The Kier molecular flexibility index (Phi) is 5.11. The summed E-state index contributed by atoms with van der Waals surface area (Å²) in [6, 6.07) is 10.5. The molecular formula is C18H16F3N3O2. The first kappa shape index (κ1) is 17.8. The molecule has 0 N–H and O–H groups in total. The second-order valence-corrected chi connectivity index (χ2v) is 5.40. The summed E-state index contributed by atoms with van der Waals surface area (Å²) in [4.78, 5) is 4.28. The lowest BCUT2D eigenvalue weighted by Gasteiger charge is -2.12. The lowest BCUT2D eigenvalue weighted by Crippen LogP contribution is -2.15. The standard InChI is InChI=1S/C18H16F3N3O2/c1-2-25-16(18(19,20)21)12-26-15-7-3-5-13(9-15)11-24-17-14(10-23-24)6-4-8-22-17/h3-10,12H,2,11H2,1H3/b16-12-. The third kappa shape index (κ3) is 4.14. The first-order valence-electron chi connectivity index (χ1n) is 7.89. The summed E-state index contributed by atoms with van der Waals surface area (Å²) < 4.78 is 49.8. The summed E-state index contributed by atoms with van der Waals surface area (Å²) in [6.07, 6.45) is -0.638. The van der Waals surface area contributed by atoms with Crippen molar-refractivity contribution in [3.8, 4) is 5.75 Å². The Balaban J connectivity index is 1.78. The van der Waals surface area contributed by atoms with Crippen LogP contribution in [-0.2, 0) is 11.3 Å². The Labute approximate surface area is 147 Å². The van der Waals surface area contributed by atoms with Crippen molar-refractivity contribution in [2.24, 2.45) is 0 Å². The van der Waals surface area contributed by atoms with Gasteiger partial charge in [-0.3, -0.25) is 0 Å². The third-order valence-corrected chi connectivity index (χ3v) is 3.51. The fourth-order valence-corrected chi connectivity index (χ4v) is 2.38. The molecule has 0 atom stereocenters. The van der Waals surface area contributed by atoms with E-state index in [0.29, 0.717) is 12.8 Å². The van der Waals surface area contributed by atoms with Gasteiger partial charge in [-0.2, -0.15) is 18.3 Å². The molecule has 0 unspecified atom stereocenters. The Bertz CT molecular complexity index is 919. The van der Waals surface area contributed by atoms with E-state index in [4.69, 9.17) is 4.74 Å². The van der Waals surface area contributed by atoms with Crippen LogP contribution in [0.1, 0.15) is 12.5 Å². The van der Waals surface area contributed by atoms with Crippen molar-refractivity contribution in [2.75, 3.05) is 6.61 Å². The molecule has 3 rings (SSSR count). The summed E-state index contributed by atoms with van der Waals surface area (Å²) in [5, 5.41) is 5.20. The SMILES string of the molecule is CCO/C(=C\Oc1cccc(Cn2ncc3cccnc32)c1)C(F)(F)F. The quantitative estimate of drug-likeness (QED) is 0.613. The van der Waals surface area contributed by atoms with Crippen LogP contribution >= 0.6 is 0 Å². The van der Waals surface area contributed by atoms with Crippen LogP contribution in [0.4, 0.5) is 13.2 Å². The molecule has 2 aromatic heterocycles. The number of halogens is 3. The van der Waals surface area contributed by atoms with Crippen LogP contribution in [0.2, 0.25) is 0 Å². The summed E-state index contributed by atoms with van der Waals surface area (Å²) in [5.41, 5.74) is 1.55. The van der Waals surface area contributed by atoms with Gasteiger partial charge >= 0.3 is 6.18 Å². The molecule has 3 aromatic rings. The van der Waals surface area contributed by atoms with Gasteiger partial charge in [0.05, 0.1) is 19.3 Å². The molecule has 0 saturated heterocycles. The Morgan fingerprint density at radius 3 is 2.85 bits per heavy atom. The number of allylic oxidation sites excluding steroid dienone is 1. The van der Waals surface area contributed by atoms with Crippen molar-refractivity contribution in [2.45, 2.75) is 19.6 Å². The summed E-state index contributed by atoms with van der Waals surface area (Å²) in [7, 11) is 0. The van der Waals surface area contributed by atoms with Crippen LogP contribution in [0, 0.1) is 0 Å². The minimum Gasteiger partial charge on any atom is -0.487 e. The molecule has 2 heterocycles. The largest absolute Gasteiger partial charge is 0.487 e. The zero-order valence-corrected chi connectivity index (χ0v) is 13.9. The van der Waals surface area contributed by atoms with Crippen molar-refractivity contribution in [1.29, 1.82) is 0 Å². The van der Waals surface area contributed by atoms with Crippen LogP contribution in [0.15, 0.2) is 60.8 Å². The number of hydrogen-bond donors (Lipinski definition) is 0. The van der Waals surface area contributed by atoms with Crippen molar-refractivity contribution < 1.29 is 22.6 Å². The molecule has 1 aromatic carbocycles. The van der Waals surface area contributed by atoms with E-state index in [1.165, 1.54) is 6.92 Å². The van der Waals surface area contributed by atoms with E-state index < -0.39 is 11.9 Å². The first-order chi connectivity index (χ1) is 12.5. The molecule has 136 valence electrons. The van der Waals surface area contributed by atoms with E-state index in [1.54, 1.807) is 35.3 Å². The molecule has 0 bridgehead atoms. The maximum absolute atomic E-state index is 12.8. The number of fused-ring (bicyclic) bond motifs is 1. The number of alkyl halides is 3. The van der Waals surface area contributed by atoms with Gasteiger partial charge in [0.15, 0.2) is 5.65 Å². The fourth-order valence-electron chi connectivity index (χ4n) is 2.38. The zero-order chi connectivity index (χ0) is 18.6. The van der Waals surface area contributed by atoms with Gasteiger partial charge in [0, 0.05) is 11.6 Å². The average Bonchev–Trinajstić information content (AvgIpc) is 3.01. The van der Waals surface area contributed by atoms with Crippen molar-refractivity contribution in [1.82, 2.24) is 14.8 Å². The Morgan fingerprint density at radius 1 is 1.23 bits per heavy atom. The average molecular weight is 363 g/mol. The van der Waals surface area contributed by atoms with E-state index in [1.807, 2.05) is 18.2 Å². The maximum atomic E-state index is 12.8. The van der Waals surface area contributed by atoms with Crippen LogP contribution in [0.3, 0.4) is 0 Å². The molecule has 0 spiro atoms. The van der Waals surface area contributed by atoms with E-state index in [-0.39, 0.29) is 12.4 Å². The molecule has 0 radical (unpaired) electrons. The predicted octanol–water partition coefficient (Wildman–Crippen LogP) is 4.30. The van der Waals surface area contributed by atoms with Gasteiger partial charge in [-0.1, -0.05) is 12.1 Å². The number of ether oxygens (including phenoxy) is 2. The summed E-state index contributed by atoms with van der Waals surface area (Å²) >= 11 is 0. The molecule has 0 aliphatic heterocycles. The summed E-state index contributed by atoms with van der Waals surface area (Å²) in [6.45, 7) is 1.79. The summed E-state index contributed by atoms with van der Waals surface area (Å²) in [5.74, 6) is -0.902. The monoisotopic (exact) mass is 363 g/mol. The normalized spacial score (nSPS) is 12.4. The van der Waals surface area contributed by atoms with Gasteiger partial charge in [-0.15, -0.1) is 0 Å². The number of benzene rings is 1. The zero-order valence-electron chi connectivity index (χ0n) is 13.9. The number of aromatic nitrogens is 3. The Hall–Kier alpha value is -3.03. The molecule has 8 heteroatoms. The molecule has 0 amide bonds. The van der Waals surface area contributed by atoms with Crippen LogP contribution < -0.4 is 4.74 Å². The molecule has 0 aliphatic rings. The molecular weight excluding hydrogens is 347 g/mol. The first-order valence-corrected chi connectivity index (χ1v) is 7.89. The van der Waals surface area contributed by atoms with Crippen molar-refractivity contribution >= 4 is 11.0 Å². The van der Waals surface area contributed by atoms with E-state index >= 15 is 0 Å². The van der Waals surface area contributed by atoms with Crippen LogP contribution in [-0.4, -0.2) is 27.5 Å². The highest BCUT2D eigenvalue weighted by molar-refractivity contribution is 5.73. The number of pyridine rings is 1. The third-order valence-electron chi connectivity index (χ3n) is 3.51. The smallest absolute Gasteiger partial charge is 0.452 e.